The minimum Gasteiger partial charge on any atom is -0.497 e. The number of anilines is 1. The van der Waals surface area contributed by atoms with Gasteiger partial charge in [-0.15, -0.1) is 0 Å². The van der Waals surface area contributed by atoms with Crippen LogP contribution in [0.2, 0.25) is 0 Å². The van der Waals surface area contributed by atoms with Gasteiger partial charge in [0, 0.05) is 10.9 Å². The summed E-state index contributed by atoms with van der Waals surface area (Å²) in [5.41, 5.74) is 4.53. The molecule has 0 aromatic heterocycles. The van der Waals surface area contributed by atoms with Gasteiger partial charge >= 0.3 is 0 Å². The second-order valence-electron chi connectivity index (χ2n) is 6.23. The van der Waals surface area contributed by atoms with E-state index in [2.05, 4.69) is 69.5 Å². The number of nitrogens with zero attached hydrogens (tertiary/aromatic N) is 2. The minimum atomic E-state index is 0.145. The van der Waals surface area contributed by atoms with Gasteiger partial charge < -0.3 is 4.74 Å². The van der Waals surface area contributed by atoms with Crippen molar-refractivity contribution in [3.8, 4) is 5.75 Å². The van der Waals surface area contributed by atoms with Crippen molar-refractivity contribution in [1.82, 2.24) is 0 Å². The highest BCUT2D eigenvalue weighted by atomic mass is 79.9. The molecule has 3 aromatic rings. The van der Waals surface area contributed by atoms with E-state index >= 15 is 0 Å². The van der Waals surface area contributed by atoms with E-state index in [-0.39, 0.29) is 6.04 Å². The molecule has 1 aliphatic heterocycles. The first-order valence-electron chi connectivity index (χ1n) is 8.56. The molecule has 0 amide bonds. The SMILES string of the molecule is COc1cccc([C@H]2CC(c3ccc(Br)cc3)=NN2c2ccccc2)c1. The first-order chi connectivity index (χ1) is 12.7. The molecule has 4 heteroatoms. The Balaban J connectivity index is 1.74. The zero-order chi connectivity index (χ0) is 17.9. The Bertz CT molecular complexity index is 922. The molecular weight excluding hydrogens is 388 g/mol. The highest BCUT2D eigenvalue weighted by molar-refractivity contribution is 9.10. The van der Waals surface area contributed by atoms with Crippen LogP contribution in [0.3, 0.4) is 0 Å². The molecule has 0 bridgehead atoms. The summed E-state index contributed by atoms with van der Waals surface area (Å²) in [6.07, 6.45) is 0.851. The van der Waals surface area contributed by atoms with Crippen LogP contribution in [0.1, 0.15) is 23.6 Å². The smallest absolute Gasteiger partial charge is 0.119 e. The Morgan fingerprint density at radius 3 is 2.46 bits per heavy atom. The third-order valence-electron chi connectivity index (χ3n) is 4.59. The third kappa shape index (κ3) is 3.37. The normalized spacial score (nSPS) is 16.5. The Hall–Kier alpha value is -2.59. The monoisotopic (exact) mass is 406 g/mol. The van der Waals surface area contributed by atoms with E-state index in [1.165, 1.54) is 5.56 Å². The fourth-order valence-corrected chi connectivity index (χ4v) is 3.52. The van der Waals surface area contributed by atoms with Crippen LogP contribution in [-0.4, -0.2) is 12.8 Å². The van der Waals surface area contributed by atoms with Gasteiger partial charge in [-0.1, -0.05) is 58.4 Å². The summed E-state index contributed by atoms with van der Waals surface area (Å²) in [6.45, 7) is 0. The van der Waals surface area contributed by atoms with Crippen LogP contribution in [0.4, 0.5) is 5.69 Å². The Morgan fingerprint density at radius 1 is 0.962 bits per heavy atom. The van der Waals surface area contributed by atoms with E-state index in [0.717, 1.165) is 33.6 Å². The molecule has 0 aliphatic carbocycles. The lowest BCUT2D eigenvalue weighted by Gasteiger charge is -2.24. The van der Waals surface area contributed by atoms with Crippen molar-refractivity contribution in [1.29, 1.82) is 0 Å². The first kappa shape index (κ1) is 16.9. The summed E-state index contributed by atoms with van der Waals surface area (Å²) in [7, 11) is 1.70. The number of hydrazone groups is 1. The van der Waals surface area contributed by atoms with Gasteiger partial charge in [0.25, 0.3) is 0 Å². The highest BCUT2D eigenvalue weighted by Gasteiger charge is 2.30. The minimum absolute atomic E-state index is 0.145. The van der Waals surface area contributed by atoms with Crippen LogP contribution in [0.25, 0.3) is 0 Å². The third-order valence-corrected chi connectivity index (χ3v) is 5.12. The molecule has 0 unspecified atom stereocenters. The van der Waals surface area contributed by atoms with E-state index in [1.807, 2.05) is 30.3 Å². The molecule has 1 heterocycles. The topological polar surface area (TPSA) is 24.8 Å². The molecule has 0 spiro atoms. The summed E-state index contributed by atoms with van der Waals surface area (Å²) < 4.78 is 6.49. The summed E-state index contributed by atoms with van der Waals surface area (Å²) >= 11 is 3.50. The zero-order valence-electron chi connectivity index (χ0n) is 14.5. The van der Waals surface area contributed by atoms with Crippen LogP contribution in [0, 0.1) is 0 Å². The van der Waals surface area contributed by atoms with Crippen molar-refractivity contribution < 1.29 is 4.74 Å². The van der Waals surface area contributed by atoms with Crippen molar-refractivity contribution in [3.63, 3.8) is 0 Å². The molecule has 26 heavy (non-hydrogen) atoms. The van der Waals surface area contributed by atoms with E-state index in [1.54, 1.807) is 7.11 Å². The van der Waals surface area contributed by atoms with Gasteiger partial charge in [0.1, 0.15) is 5.75 Å². The molecule has 0 radical (unpaired) electrons. The molecule has 4 rings (SSSR count). The Morgan fingerprint density at radius 2 is 1.73 bits per heavy atom. The largest absolute Gasteiger partial charge is 0.497 e. The Labute approximate surface area is 162 Å². The number of methoxy groups -OCH3 is 1. The maximum Gasteiger partial charge on any atom is 0.119 e. The molecule has 0 fully saturated rings. The number of benzene rings is 3. The number of para-hydroxylation sites is 1. The predicted octanol–water partition coefficient (Wildman–Crippen LogP) is 5.81. The maximum absolute atomic E-state index is 5.42. The maximum atomic E-state index is 5.42. The molecule has 3 nitrogen and oxygen atoms in total. The molecule has 1 aliphatic rings. The Kier molecular flexibility index (Phi) is 4.76. The summed E-state index contributed by atoms with van der Waals surface area (Å²) in [6, 6.07) is 27.1. The molecular formula is C22H19BrN2O. The van der Waals surface area contributed by atoms with Gasteiger partial charge in [0.15, 0.2) is 0 Å². The van der Waals surface area contributed by atoms with Crippen LogP contribution < -0.4 is 9.75 Å². The number of ether oxygens (including phenoxy) is 1. The van der Waals surface area contributed by atoms with Gasteiger partial charge in [-0.3, -0.25) is 5.01 Å². The van der Waals surface area contributed by atoms with Gasteiger partial charge in [0.05, 0.1) is 24.6 Å². The lowest BCUT2D eigenvalue weighted by atomic mass is 9.98. The zero-order valence-corrected chi connectivity index (χ0v) is 16.1. The number of rotatable bonds is 4. The van der Waals surface area contributed by atoms with Gasteiger partial charge in [-0.05, 0) is 47.5 Å². The van der Waals surface area contributed by atoms with E-state index in [4.69, 9.17) is 9.84 Å². The van der Waals surface area contributed by atoms with Crippen LogP contribution in [-0.2, 0) is 0 Å². The summed E-state index contributed by atoms with van der Waals surface area (Å²) in [5.74, 6) is 0.868. The molecule has 1 atom stereocenters. The fourth-order valence-electron chi connectivity index (χ4n) is 3.25. The van der Waals surface area contributed by atoms with Gasteiger partial charge in [-0.2, -0.15) is 5.10 Å². The van der Waals surface area contributed by atoms with Crippen molar-refractivity contribution >= 4 is 27.3 Å². The van der Waals surface area contributed by atoms with Crippen molar-refractivity contribution in [2.24, 2.45) is 5.10 Å². The quantitative estimate of drug-likeness (QED) is 0.545. The summed E-state index contributed by atoms with van der Waals surface area (Å²) in [4.78, 5) is 0. The fraction of sp³-hybridized carbons (Fsp3) is 0.136. The second kappa shape index (κ2) is 7.34. The van der Waals surface area contributed by atoms with E-state index in [0.29, 0.717) is 0 Å². The van der Waals surface area contributed by atoms with Crippen molar-refractivity contribution in [2.75, 3.05) is 12.1 Å². The average molecular weight is 407 g/mol. The standard InChI is InChI=1S/C22H19BrN2O/c1-26-20-9-5-6-17(14-20)22-15-21(16-10-12-18(23)13-11-16)24-25(22)19-7-3-2-4-8-19/h2-14,22H,15H2,1H3/t22-/m1/s1. The van der Waals surface area contributed by atoms with Crippen LogP contribution in [0.15, 0.2) is 88.4 Å². The number of halogens is 1. The van der Waals surface area contributed by atoms with Crippen LogP contribution >= 0.6 is 15.9 Å². The number of hydrogen-bond donors (Lipinski definition) is 0. The van der Waals surface area contributed by atoms with Crippen molar-refractivity contribution in [2.45, 2.75) is 12.5 Å². The highest BCUT2D eigenvalue weighted by Crippen LogP contribution is 2.37. The first-order valence-corrected chi connectivity index (χ1v) is 9.35. The lowest BCUT2D eigenvalue weighted by Crippen LogP contribution is -2.18. The van der Waals surface area contributed by atoms with Gasteiger partial charge in [0.2, 0.25) is 0 Å². The molecule has 0 N–H and O–H groups in total. The molecule has 0 saturated carbocycles. The molecule has 0 saturated heterocycles. The lowest BCUT2D eigenvalue weighted by molar-refractivity contribution is 0.414. The number of hydrogen-bond acceptors (Lipinski definition) is 3. The van der Waals surface area contributed by atoms with E-state index < -0.39 is 0 Å². The van der Waals surface area contributed by atoms with Crippen LogP contribution in [0.5, 0.6) is 5.75 Å². The molecule has 130 valence electrons. The second-order valence-corrected chi connectivity index (χ2v) is 7.15. The summed E-state index contributed by atoms with van der Waals surface area (Å²) in [5, 5.41) is 7.08. The predicted molar refractivity (Wildman–Crippen MR) is 110 cm³/mol. The molecule has 3 aromatic carbocycles. The van der Waals surface area contributed by atoms with E-state index in [9.17, 15) is 0 Å². The van der Waals surface area contributed by atoms with Crippen molar-refractivity contribution in [3.05, 3.63) is 94.5 Å². The van der Waals surface area contributed by atoms with Gasteiger partial charge in [-0.25, -0.2) is 0 Å². The average Bonchev–Trinajstić information content (AvgIpc) is 3.15.